The summed E-state index contributed by atoms with van der Waals surface area (Å²) in [6.07, 6.45) is 0. The quantitative estimate of drug-likeness (QED) is 0.868. The number of halogens is 1. The van der Waals surface area contributed by atoms with Gasteiger partial charge in [-0.05, 0) is 23.8 Å². The van der Waals surface area contributed by atoms with E-state index in [1.165, 1.54) is 13.2 Å². The molecule has 2 aliphatic heterocycles. The molecule has 0 atom stereocenters. The first-order valence-corrected chi connectivity index (χ1v) is 9.01. The van der Waals surface area contributed by atoms with Gasteiger partial charge in [-0.15, -0.1) is 0 Å². The molecular weight excluding hydrogens is 351 g/mol. The molecule has 1 fully saturated rings. The molecule has 0 spiro atoms. The third kappa shape index (κ3) is 3.94. The van der Waals surface area contributed by atoms with Gasteiger partial charge < -0.3 is 19.3 Å². The van der Waals surface area contributed by atoms with Crippen LogP contribution in [0.1, 0.15) is 11.1 Å². The third-order valence-corrected chi connectivity index (χ3v) is 5.06. The molecule has 0 radical (unpaired) electrons. The van der Waals surface area contributed by atoms with E-state index in [9.17, 15) is 9.50 Å². The van der Waals surface area contributed by atoms with Crippen molar-refractivity contribution in [2.45, 2.75) is 13.1 Å². The Hall–Kier alpha value is -2.51. The number of rotatable bonds is 5. The summed E-state index contributed by atoms with van der Waals surface area (Å²) < 4.78 is 29.5. The Bertz CT molecular complexity index is 822. The summed E-state index contributed by atoms with van der Waals surface area (Å²) in [5.74, 6) is 1.45. The number of hydrogen-bond acceptors (Lipinski definition) is 6. The normalized spacial score (nSPS) is 17.3. The molecule has 0 unspecified atom stereocenters. The lowest BCUT2D eigenvalue weighted by Crippen LogP contribution is -2.45. The lowest BCUT2D eigenvalue weighted by Gasteiger charge is -2.34. The standard InChI is InChI=1S/C20H23FN2O4/c1-25-18-3-2-14(8-16(18)21)11-22-4-6-23(7-5-22)12-15-9-19-20(10-17(15)24)27-13-26-19/h2-3,8-10,24H,4-7,11-13H2,1H3. The maximum absolute atomic E-state index is 13.8. The van der Waals surface area contributed by atoms with Crippen LogP contribution in [0, 0.1) is 5.82 Å². The molecule has 2 aromatic rings. The van der Waals surface area contributed by atoms with Crippen LogP contribution in [0.25, 0.3) is 0 Å². The van der Waals surface area contributed by atoms with Crippen LogP contribution in [0.5, 0.6) is 23.0 Å². The maximum atomic E-state index is 13.8. The Morgan fingerprint density at radius 3 is 2.33 bits per heavy atom. The molecule has 6 nitrogen and oxygen atoms in total. The number of phenols is 1. The monoisotopic (exact) mass is 374 g/mol. The second kappa shape index (κ2) is 7.62. The first-order chi connectivity index (χ1) is 13.1. The highest BCUT2D eigenvalue weighted by Crippen LogP contribution is 2.38. The topological polar surface area (TPSA) is 54.4 Å². The molecule has 0 aromatic heterocycles. The van der Waals surface area contributed by atoms with Crippen molar-refractivity contribution < 1.29 is 23.7 Å². The fourth-order valence-electron chi connectivity index (χ4n) is 3.51. The van der Waals surface area contributed by atoms with E-state index >= 15 is 0 Å². The number of fused-ring (bicyclic) bond motifs is 1. The molecule has 0 aliphatic carbocycles. The first kappa shape index (κ1) is 17.9. The number of ether oxygens (including phenoxy) is 3. The molecule has 27 heavy (non-hydrogen) atoms. The highest BCUT2D eigenvalue weighted by molar-refractivity contribution is 5.51. The number of aromatic hydroxyl groups is 1. The first-order valence-electron chi connectivity index (χ1n) is 9.01. The van der Waals surface area contributed by atoms with Gasteiger partial charge in [0.25, 0.3) is 0 Å². The van der Waals surface area contributed by atoms with E-state index in [1.54, 1.807) is 12.1 Å². The van der Waals surface area contributed by atoms with Crippen LogP contribution in [0.3, 0.4) is 0 Å². The molecule has 144 valence electrons. The van der Waals surface area contributed by atoms with Crippen molar-refractivity contribution in [3.8, 4) is 23.0 Å². The van der Waals surface area contributed by atoms with Gasteiger partial charge in [0.15, 0.2) is 23.1 Å². The summed E-state index contributed by atoms with van der Waals surface area (Å²) in [5.41, 5.74) is 1.78. The minimum Gasteiger partial charge on any atom is -0.507 e. The number of benzene rings is 2. The van der Waals surface area contributed by atoms with Crippen LogP contribution < -0.4 is 14.2 Å². The molecule has 2 aliphatic rings. The van der Waals surface area contributed by atoms with Crippen LogP contribution in [-0.4, -0.2) is 55.0 Å². The van der Waals surface area contributed by atoms with E-state index in [-0.39, 0.29) is 24.1 Å². The summed E-state index contributed by atoms with van der Waals surface area (Å²) in [5, 5.41) is 10.2. The van der Waals surface area contributed by atoms with Crippen LogP contribution in [0.15, 0.2) is 30.3 Å². The fourth-order valence-corrected chi connectivity index (χ4v) is 3.51. The summed E-state index contributed by atoms with van der Waals surface area (Å²) in [4.78, 5) is 4.60. The number of hydrogen-bond donors (Lipinski definition) is 1. The Morgan fingerprint density at radius 2 is 1.67 bits per heavy atom. The Kier molecular flexibility index (Phi) is 5.05. The van der Waals surface area contributed by atoms with Crippen LogP contribution in [0.4, 0.5) is 4.39 Å². The van der Waals surface area contributed by atoms with Crippen molar-refractivity contribution in [3.63, 3.8) is 0 Å². The van der Waals surface area contributed by atoms with Crippen molar-refractivity contribution in [2.24, 2.45) is 0 Å². The van der Waals surface area contributed by atoms with Crippen molar-refractivity contribution >= 4 is 0 Å². The molecule has 1 N–H and O–H groups in total. The smallest absolute Gasteiger partial charge is 0.231 e. The Morgan fingerprint density at radius 1 is 1.00 bits per heavy atom. The predicted octanol–water partition coefficient (Wildman–Crippen LogP) is 2.59. The van der Waals surface area contributed by atoms with Crippen molar-refractivity contribution in [1.29, 1.82) is 0 Å². The summed E-state index contributed by atoms with van der Waals surface area (Å²) in [6, 6.07) is 8.58. The molecule has 0 amide bonds. The van der Waals surface area contributed by atoms with Gasteiger partial charge in [0, 0.05) is 50.9 Å². The maximum Gasteiger partial charge on any atom is 0.231 e. The van der Waals surface area contributed by atoms with Gasteiger partial charge in [-0.25, -0.2) is 4.39 Å². The summed E-state index contributed by atoms with van der Waals surface area (Å²) in [6.45, 7) is 5.11. The molecule has 1 saturated heterocycles. The van der Waals surface area contributed by atoms with Gasteiger partial charge >= 0.3 is 0 Å². The Balaban J connectivity index is 1.32. The van der Waals surface area contributed by atoms with Gasteiger partial charge in [0.1, 0.15) is 5.75 Å². The predicted molar refractivity (Wildman–Crippen MR) is 97.7 cm³/mol. The van der Waals surface area contributed by atoms with Gasteiger partial charge in [-0.1, -0.05) is 6.07 Å². The molecular formula is C20H23FN2O4. The van der Waals surface area contributed by atoms with Crippen LogP contribution >= 0.6 is 0 Å². The van der Waals surface area contributed by atoms with Crippen LogP contribution in [-0.2, 0) is 13.1 Å². The number of piperazine rings is 1. The number of nitrogens with zero attached hydrogens (tertiary/aromatic N) is 2. The highest BCUT2D eigenvalue weighted by Gasteiger charge is 2.21. The minimum absolute atomic E-state index is 0.197. The van der Waals surface area contributed by atoms with E-state index in [1.807, 2.05) is 12.1 Å². The second-order valence-corrected chi connectivity index (χ2v) is 6.86. The number of phenolic OH excluding ortho intramolecular Hbond substituents is 1. The zero-order valence-corrected chi connectivity index (χ0v) is 15.3. The molecule has 7 heteroatoms. The highest BCUT2D eigenvalue weighted by atomic mass is 19.1. The van der Waals surface area contributed by atoms with E-state index in [4.69, 9.17) is 14.2 Å². The second-order valence-electron chi connectivity index (χ2n) is 6.86. The molecule has 4 rings (SSSR count). The SMILES string of the molecule is COc1ccc(CN2CCN(Cc3cc4c(cc3O)OCO4)CC2)cc1F. The summed E-state index contributed by atoms with van der Waals surface area (Å²) in [7, 11) is 1.47. The van der Waals surface area contributed by atoms with E-state index in [2.05, 4.69) is 9.80 Å². The van der Waals surface area contributed by atoms with Crippen molar-refractivity contribution in [2.75, 3.05) is 40.1 Å². The van der Waals surface area contributed by atoms with Gasteiger partial charge in [0.05, 0.1) is 7.11 Å². The molecule has 2 aromatic carbocycles. The Labute approximate surface area is 157 Å². The zero-order chi connectivity index (χ0) is 18.8. The van der Waals surface area contributed by atoms with E-state index in [0.29, 0.717) is 24.6 Å². The van der Waals surface area contributed by atoms with Crippen LogP contribution in [0.2, 0.25) is 0 Å². The third-order valence-electron chi connectivity index (χ3n) is 5.06. The minimum atomic E-state index is -0.327. The lowest BCUT2D eigenvalue weighted by atomic mass is 10.1. The van der Waals surface area contributed by atoms with Gasteiger partial charge in [-0.3, -0.25) is 9.80 Å². The van der Waals surface area contributed by atoms with E-state index in [0.717, 1.165) is 37.3 Å². The average molecular weight is 374 g/mol. The largest absolute Gasteiger partial charge is 0.507 e. The summed E-state index contributed by atoms with van der Waals surface area (Å²) >= 11 is 0. The molecule has 0 bridgehead atoms. The van der Waals surface area contributed by atoms with E-state index < -0.39 is 0 Å². The average Bonchev–Trinajstić information content (AvgIpc) is 3.11. The molecule has 2 heterocycles. The van der Waals surface area contributed by atoms with Gasteiger partial charge in [-0.2, -0.15) is 0 Å². The van der Waals surface area contributed by atoms with Gasteiger partial charge in [0.2, 0.25) is 6.79 Å². The zero-order valence-electron chi connectivity index (χ0n) is 15.3. The lowest BCUT2D eigenvalue weighted by molar-refractivity contribution is 0.121. The van der Waals surface area contributed by atoms with Crippen molar-refractivity contribution in [1.82, 2.24) is 9.80 Å². The fraction of sp³-hybridized carbons (Fsp3) is 0.400. The molecule has 0 saturated carbocycles. The number of methoxy groups -OCH3 is 1. The van der Waals surface area contributed by atoms with Crippen molar-refractivity contribution in [3.05, 3.63) is 47.3 Å².